The molecule has 0 aromatic carbocycles. The normalized spacial score (nSPS) is 34.6. The Labute approximate surface area is 99.6 Å². The standard InChI is InChI=1S/C12H17NO4/c13-5-6-17-12(16)9-4-2-7-1-3-8(7)10(9)11(14)15/h1,3,7-10H,2,4-6,13H2,(H,14,15)/t7?,8?,9-,10+/m1/s1. The highest BCUT2D eigenvalue weighted by Crippen LogP contribution is 2.45. The lowest BCUT2D eigenvalue weighted by Crippen LogP contribution is -2.45. The van der Waals surface area contributed by atoms with Crippen molar-refractivity contribution in [1.82, 2.24) is 0 Å². The minimum absolute atomic E-state index is 0.00308. The van der Waals surface area contributed by atoms with E-state index >= 15 is 0 Å². The van der Waals surface area contributed by atoms with Crippen molar-refractivity contribution in [3.63, 3.8) is 0 Å². The summed E-state index contributed by atoms with van der Waals surface area (Å²) < 4.78 is 4.97. The Morgan fingerprint density at radius 2 is 2.12 bits per heavy atom. The highest BCUT2D eigenvalue weighted by molar-refractivity contribution is 5.82. The summed E-state index contributed by atoms with van der Waals surface area (Å²) in [6.07, 6.45) is 5.38. The molecule has 17 heavy (non-hydrogen) atoms. The van der Waals surface area contributed by atoms with E-state index in [1.165, 1.54) is 0 Å². The van der Waals surface area contributed by atoms with Crippen LogP contribution in [0.25, 0.3) is 0 Å². The van der Waals surface area contributed by atoms with Gasteiger partial charge in [-0.25, -0.2) is 0 Å². The molecule has 4 atom stereocenters. The number of hydrogen-bond acceptors (Lipinski definition) is 4. The molecule has 0 spiro atoms. The molecule has 2 rings (SSSR count). The lowest BCUT2D eigenvalue weighted by Gasteiger charge is -2.42. The topological polar surface area (TPSA) is 89.6 Å². The number of hydrogen-bond donors (Lipinski definition) is 2. The average Bonchev–Trinajstić information content (AvgIpc) is 2.26. The summed E-state index contributed by atoms with van der Waals surface area (Å²) in [4.78, 5) is 23.0. The first-order valence-electron chi connectivity index (χ1n) is 5.93. The van der Waals surface area contributed by atoms with Crippen molar-refractivity contribution >= 4 is 11.9 Å². The third-order valence-corrected chi connectivity index (χ3v) is 3.68. The molecule has 0 aromatic rings. The van der Waals surface area contributed by atoms with Gasteiger partial charge in [-0.15, -0.1) is 0 Å². The van der Waals surface area contributed by atoms with Crippen molar-refractivity contribution in [2.45, 2.75) is 12.8 Å². The van der Waals surface area contributed by atoms with Crippen molar-refractivity contribution in [1.29, 1.82) is 0 Å². The molecule has 2 aliphatic carbocycles. The lowest BCUT2D eigenvalue weighted by atomic mass is 9.61. The number of allylic oxidation sites excluding steroid dienone is 2. The van der Waals surface area contributed by atoms with Crippen molar-refractivity contribution in [3.8, 4) is 0 Å². The molecule has 94 valence electrons. The van der Waals surface area contributed by atoms with Crippen LogP contribution in [0.4, 0.5) is 0 Å². The van der Waals surface area contributed by atoms with Gasteiger partial charge in [0, 0.05) is 6.54 Å². The van der Waals surface area contributed by atoms with Crippen molar-refractivity contribution in [2.24, 2.45) is 29.4 Å². The fourth-order valence-electron chi connectivity index (χ4n) is 2.76. The number of carbonyl (C=O) groups is 2. The quantitative estimate of drug-likeness (QED) is 0.547. The van der Waals surface area contributed by atoms with E-state index < -0.39 is 23.8 Å². The summed E-state index contributed by atoms with van der Waals surface area (Å²) in [6.45, 7) is 0.424. The van der Waals surface area contributed by atoms with E-state index in [4.69, 9.17) is 10.5 Å². The van der Waals surface area contributed by atoms with Crippen molar-refractivity contribution < 1.29 is 19.4 Å². The molecule has 2 aliphatic rings. The van der Waals surface area contributed by atoms with Crippen LogP contribution in [-0.4, -0.2) is 30.2 Å². The molecule has 5 nitrogen and oxygen atoms in total. The second-order valence-corrected chi connectivity index (χ2v) is 4.63. The van der Waals surface area contributed by atoms with Gasteiger partial charge in [-0.1, -0.05) is 12.2 Å². The minimum Gasteiger partial charge on any atom is -0.481 e. The molecule has 0 saturated heterocycles. The Balaban J connectivity index is 2.07. The average molecular weight is 239 g/mol. The second-order valence-electron chi connectivity index (χ2n) is 4.63. The number of carbonyl (C=O) groups excluding carboxylic acids is 1. The van der Waals surface area contributed by atoms with Crippen LogP contribution >= 0.6 is 0 Å². The molecule has 1 saturated carbocycles. The molecular formula is C12H17NO4. The first kappa shape index (κ1) is 12.1. The van der Waals surface area contributed by atoms with Crippen molar-refractivity contribution in [3.05, 3.63) is 12.2 Å². The van der Waals surface area contributed by atoms with Gasteiger partial charge in [0.15, 0.2) is 0 Å². The Morgan fingerprint density at radius 1 is 1.35 bits per heavy atom. The van der Waals surface area contributed by atoms with Gasteiger partial charge in [0.25, 0.3) is 0 Å². The number of carboxylic acids is 1. The first-order valence-corrected chi connectivity index (χ1v) is 5.93. The third kappa shape index (κ3) is 2.20. The fourth-order valence-corrected chi connectivity index (χ4v) is 2.76. The Morgan fingerprint density at radius 3 is 2.65 bits per heavy atom. The lowest BCUT2D eigenvalue weighted by molar-refractivity contribution is -0.162. The summed E-state index contributed by atoms with van der Waals surface area (Å²) in [6, 6.07) is 0. The van der Waals surface area contributed by atoms with Crippen LogP contribution in [0.15, 0.2) is 12.2 Å². The smallest absolute Gasteiger partial charge is 0.309 e. The van der Waals surface area contributed by atoms with Gasteiger partial charge in [0.1, 0.15) is 6.61 Å². The first-order chi connectivity index (χ1) is 8.15. The van der Waals surface area contributed by atoms with Crippen LogP contribution in [0.2, 0.25) is 0 Å². The molecule has 3 N–H and O–H groups in total. The van der Waals surface area contributed by atoms with E-state index in [0.717, 1.165) is 6.42 Å². The zero-order valence-electron chi connectivity index (χ0n) is 9.54. The van der Waals surface area contributed by atoms with Gasteiger partial charge in [-0.2, -0.15) is 0 Å². The van der Waals surface area contributed by atoms with Gasteiger partial charge in [-0.05, 0) is 24.7 Å². The van der Waals surface area contributed by atoms with E-state index in [0.29, 0.717) is 12.3 Å². The minimum atomic E-state index is -0.904. The summed E-state index contributed by atoms with van der Waals surface area (Å²) in [5, 5.41) is 9.24. The highest BCUT2D eigenvalue weighted by atomic mass is 16.5. The zero-order chi connectivity index (χ0) is 12.4. The zero-order valence-corrected chi connectivity index (χ0v) is 9.54. The molecule has 0 heterocycles. The number of rotatable bonds is 4. The summed E-state index contributed by atoms with van der Waals surface area (Å²) in [7, 11) is 0. The van der Waals surface area contributed by atoms with E-state index in [9.17, 15) is 14.7 Å². The second kappa shape index (κ2) is 4.87. The number of ether oxygens (including phenoxy) is 1. The molecule has 5 heteroatoms. The predicted octanol–water partition coefficient (Wildman–Crippen LogP) is 0.401. The summed E-state index contributed by atoms with van der Waals surface area (Å²) in [5.74, 6) is -2.15. The van der Waals surface area contributed by atoms with Gasteiger partial charge in [0.05, 0.1) is 11.8 Å². The number of carboxylic acid groups (broad SMARTS) is 1. The monoisotopic (exact) mass is 239 g/mol. The number of esters is 1. The SMILES string of the molecule is NCCOC(=O)[C@@H]1CCC2C=CC2[C@@H]1C(=O)O. The van der Waals surface area contributed by atoms with Crippen LogP contribution < -0.4 is 5.73 Å². The van der Waals surface area contributed by atoms with Gasteiger partial charge in [0.2, 0.25) is 0 Å². The van der Waals surface area contributed by atoms with E-state index in [-0.39, 0.29) is 19.1 Å². The maximum atomic E-state index is 11.8. The van der Waals surface area contributed by atoms with E-state index in [2.05, 4.69) is 0 Å². The fraction of sp³-hybridized carbons (Fsp3) is 0.667. The summed E-state index contributed by atoms with van der Waals surface area (Å²) in [5.41, 5.74) is 5.26. The largest absolute Gasteiger partial charge is 0.481 e. The van der Waals surface area contributed by atoms with Crippen LogP contribution in [-0.2, 0) is 14.3 Å². The molecular weight excluding hydrogens is 222 g/mol. The third-order valence-electron chi connectivity index (χ3n) is 3.68. The number of nitrogens with two attached hydrogens (primary N) is 1. The van der Waals surface area contributed by atoms with E-state index in [1.54, 1.807) is 0 Å². The molecule has 0 bridgehead atoms. The molecule has 0 radical (unpaired) electrons. The Kier molecular flexibility index (Phi) is 3.47. The maximum absolute atomic E-state index is 11.8. The van der Waals surface area contributed by atoms with Crippen LogP contribution in [0.1, 0.15) is 12.8 Å². The number of aliphatic carboxylic acids is 1. The maximum Gasteiger partial charge on any atom is 0.309 e. The van der Waals surface area contributed by atoms with Gasteiger partial charge in [-0.3, -0.25) is 9.59 Å². The van der Waals surface area contributed by atoms with E-state index in [1.807, 2.05) is 12.2 Å². The predicted molar refractivity (Wildman–Crippen MR) is 60.0 cm³/mol. The molecule has 0 amide bonds. The van der Waals surface area contributed by atoms with Crippen LogP contribution in [0.3, 0.4) is 0 Å². The highest BCUT2D eigenvalue weighted by Gasteiger charge is 2.48. The molecule has 0 aromatic heterocycles. The molecule has 0 aliphatic heterocycles. The Hall–Kier alpha value is -1.36. The number of fused-ring (bicyclic) bond motifs is 1. The molecule has 1 fully saturated rings. The summed E-state index contributed by atoms with van der Waals surface area (Å²) >= 11 is 0. The van der Waals surface area contributed by atoms with Crippen LogP contribution in [0.5, 0.6) is 0 Å². The van der Waals surface area contributed by atoms with Gasteiger partial charge >= 0.3 is 11.9 Å². The Bertz CT molecular complexity index is 352. The van der Waals surface area contributed by atoms with Crippen molar-refractivity contribution in [2.75, 3.05) is 13.2 Å². The molecule has 2 unspecified atom stereocenters. The van der Waals surface area contributed by atoms with Gasteiger partial charge < -0.3 is 15.6 Å². The van der Waals surface area contributed by atoms with Crippen LogP contribution in [0, 0.1) is 23.7 Å².